The number of rotatable bonds is 5. The lowest BCUT2D eigenvalue weighted by Gasteiger charge is -2.25. The highest BCUT2D eigenvalue weighted by atomic mass is 35.5. The molecule has 1 saturated heterocycles. The van der Waals surface area contributed by atoms with Gasteiger partial charge < -0.3 is 16.0 Å². The Kier molecular flexibility index (Phi) is 8.07. The summed E-state index contributed by atoms with van der Waals surface area (Å²) in [6.45, 7) is 2.92. The van der Waals surface area contributed by atoms with Crippen LogP contribution in [0.25, 0.3) is 0 Å². The third-order valence-corrected chi connectivity index (χ3v) is 3.77. The van der Waals surface area contributed by atoms with Gasteiger partial charge in [-0.2, -0.15) is 0 Å². The molecule has 2 rings (SSSR count). The molecule has 1 heterocycles. The van der Waals surface area contributed by atoms with Crippen LogP contribution in [-0.2, 0) is 9.59 Å². The normalized spacial score (nSPS) is 18.2. The van der Waals surface area contributed by atoms with Crippen molar-refractivity contribution in [1.82, 2.24) is 16.0 Å². The molecule has 2 amide bonds. The molecule has 1 aromatic rings. The average Bonchev–Trinajstić information content (AvgIpc) is 2.47. The third kappa shape index (κ3) is 6.05. The molecule has 0 bridgehead atoms. The lowest BCUT2D eigenvalue weighted by molar-refractivity contribution is -0.123. The molecule has 0 radical (unpaired) electrons. The number of nitrogens with one attached hydrogen (secondary N) is 3. The zero-order valence-corrected chi connectivity index (χ0v) is 14.2. The smallest absolute Gasteiger partial charge is 0.222 e. The van der Waals surface area contributed by atoms with Gasteiger partial charge in [-0.1, -0.05) is 6.07 Å². The predicted octanol–water partition coefficient (Wildman–Crippen LogP) is 1.82. The van der Waals surface area contributed by atoms with Crippen LogP contribution in [-0.4, -0.2) is 30.9 Å². The topological polar surface area (TPSA) is 70.2 Å². The summed E-state index contributed by atoms with van der Waals surface area (Å²) in [5.74, 6) is -2.14. The van der Waals surface area contributed by atoms with E-state index in [0.29, 0.717) is 6.54 Å². The summed E-state index contributed by atoms with van der Waals surface area (Å²) in [6, 6.07) is 2.31. The maximum absolute atomic E-state index is 13.9. The van der Waals surface area contributed by atoms with Gasteiger partial charge in [-0.3, -0.25) is 9.59 Å². The van der Waals surface area contributed by atoms with E-state index >= 15 is 0 Å². The van der Waals surface area contributed by atoms with Gasteiger partial charge in [0.1, 0.15) is 11.6 Å². The van der Waals surface area contributed by atoms with Gasteiger partial charge in [0, 0.05) is 31.1 Å². The minimum absolute atomic E-state index is 0. The largest absolute Gasteiger partial charge is 0.352 e. The van der Waals surface area contributed by atoms with Crippen molar-refractivity contribution in [3.05, 3.63) is 35.4 Å². The van der Waals surface area contributed by atoms with E-state index in [1.807, 2.05) is 0 Å². The van der Waals surface area contributed by atoms with E-state index in [1.165, 1.54) is 13.0 Å². The minimum atomic E-state index is -0.829. The molecule has 1 aliphatic rings. The third-order valence-electron chi connectivity index (χ3n) is 3.77. The first kappa shape index (κ1) is 20.3. The lowest BCUT2D eigenvalue weighted by Crippen LogP contribution is -2.46. The Morgan fingerprint density at radius 2 is 2.12 bits per heavy atom. The Balaban J connectivity index is 0.00000288. The number of hydrogen-bond donors (Lipinski definition) is 3. The molecule has 1 aliphatic heterocycles. The molecule has 0 aromatic heterocycles. The maximum atomic E-state index is 13.9. The second kappa shape index (κ2) is 9.54. The number of hydrogen-bond acceptors (Lipinski definition) is 3. The number of carbonyl (C=O) groups is 2. The fourth-order valence-corrected chi connectivity index (χ4v) is 2.72. The molecular weight excluding hydrogens is 340 g/mol. The molecule has 1 aromatic carbocycles. The van der Waals surface area contributed by atoms with Gasteiger partial charge in [0.25, 0.3) is 0 Å². The van der Waals surface area contributed by atoms with E-state index in [-0.39, 0.29) is 42.2 Å². The first-order valence-corrected chi connectivity index (χ1v) is 7.68. The predicted molar refractivity (Wildman–Crippen MR) is 88.8 cm³/mol. The summed E-state index contributed by atoms with van der Waals surface area (Å²) in [4.78, 5) is 23.5. The molecule has 2 atom stereocenters. The molecule has 3 N–H and O–H groups in total. The number of piperidine rings is 1. The van der Waals surface area contributed by atoms with E-state index in [0.717, 1.165) is 31.5 Å². The van der Waals surface area contributed by atoms with Gasteiger partial charge in [0.15, 0.2) is 0 Å². The lowest BCUT2D eigenvalue weighted by atomic mass is 10.0. The zero-order valence-electron chi connectivity index (χ0n) is 13.4. The number of benzene rings is 1. The van der Waals surface area contributed by atoms with Crippen LogP contribution in [0.2, 0.25) is 0 Å². The highest BCUT2D eigenvalue weighted by molar-refractivity contribution is 5.85. The Hall–Kier alpha value is -1.73. The van der Waals surface area contributed by atoms with Gasteiger partial charge in [-0.15, -0.1) is 12.4 Å². The Morgan fingerprint density at radius 3 is 2.71 bits per heavy atom. The highest BCUT2D eigenvalue weighted by Crippen LogP contribution is 2.21. The molecule has 8 heteroatoms. The Labute approximate surface area is 146 Å². The molecule has 0 aliphatic carbocycles. The quantitative estimate of drug-likeness (QED) is 0.749. The summed E-state index contributed by atoms with van der Waals surface area (Å²) in [6.07, 6.45) is 1.76. The second-order valence-corrected chi connectivity index (χ2v) is 5.73. The molecule has 1 fully saturated rings. The van der Waals surface area contributed by atoms with Crippen LogP contribution in [0.5, 0.6) is 0 Å². The zero-order chi connectivity index (χ0) is 16.8. The molecule has 1 unspecified atom stereocenters. The average molecular weight is 362 g/mol. The van der Waals surface area contributed by atoms with Crippen molar-refractivity contribution in [3.8, 4) is 0 Å². The van der Waals surface area contributed by atoms with E-state index in [2.05, 4.69) is 16.0 Å². The van der Waals surface area contributed by atoms with Crippen LogP contribution < -0.4 is 16.0 Å². The van der Waals surface area contributed by atoms with Gasteiger partial charge in [-0.05, 0) is 25.5 Å². The summed E-state index contributed by atoms with van der Waals surface area (Å²) < 4.78 is 27.0. The van der Waals surface area contributed by atoms with Crippen LogP contribution in [0.1, 0.15) is 37.8 Å². The van der Waals surface area contributed by atoms with Crippen LogP contribution in [0, 0.1) is 11.6 Å². The van der Waals surface area contributed by atoms with Crippen molar-refractivity contribution >= 4 is 24.2 Å². The van der Waals surface area contributed by atoms with E-state index < -0.39 is 17.7 Å². The van der Waals surface area contributed by atoms with Crippen molar-refractivity contribution in [2.24, 2.45) is 0 Å². The van der Waals surface area contributed by atoms with Crippen LogP contribution in [0.4, 0.5) is 8.78 Å². The second-order valence-electron chi connectivity index (χ2n) is 5.73. The molecular formula is C16H22ClF2N3O2. The SMILES string of the molecule is CC(=O)NC(CC(=O)N[C@H]1CCCNC1)c1ccc(F)cc1F.Cl. The van der Waals surface area contributed by atoms with Crippen molar-refractivity contribution in [2.75, 3.05) is 13.1 Å². The number of carbonyl (C=O) groups excluding carboxylic acids is 2. The van der Waals surface area contributed by atoms with Gasteiger partial charge in [0.05, 0.1) is 12.5 Å². The highest BCUT2D eigenvalue weighted by Gasteiger charge is 2.23. The van der Waals surface area contributed by atoms with Crippen LogP contribution >= 0.6 is 12.4 Å². The Morgan fingerprint density at radius 1 is 1.38 bits per heavy atom. The number of halogens is 3. The van der Waals surface area contributed by atoms with E-state index in [9.17, 15) is 18.4 Å². The summed E-state index contributed by atoms with van der Waals surface area (Å²) in [7, 11) is 0. The van der Waals surface area contributed by atoms with Crippen LogP contribution in [0.15, 0.2) is 18.2 Å². The van der Waals surface area contributed by atoms with Crippen molar-refractivity contribution in [3.63, 3.8) is 0 Å². The van der Waals surface area contributed by atoms with E-state index in [1.54, 1.807) is 0 Å². The summed E-state index contributed by atoms with van der Waals surface area (Å²) in [5, 5.41) is 8.61. The summed E-state index contributed by atoms with van der Waals surface area (Å²) >= 11 is 0. The molecule has 24 heavy (non-hydrogen) atoms. The van der Waals surface area contributed by atoms with E-state index in [4.69, 9.17) is 0 Å². The fourth-order valence-electron chi connectivity index (χ4n) is 2.72. The first-order valence-electron chi connectivity index (χ1n) is 7.68. The molecule has 134 valence electrons. The monoisotopic (exact) mass is 361 g/mol. The molecule has 0 spiro atoms. The van der Waals surface area contributed by atoms with Gasteiger partial charge in [-0.25, -0.2) is 8.78 Å². The van der Waals surface area contributed by atoms with Crippen molar-refractivity contribution in [2.45, 2.75) is 38.3 Å². The number of amides is 2. The van der Waals surface area contributed by atoms with Crippen molar-refractivity contribution in [1.29, 1.82) is 0 Å². The molecule has 5 nitrogen and oxygen atoms in total. The molecule has 0 saturated carbocycles. The van der Waals surface area contributed by atoms with Crippen molar-refractivity contribution < 1.29 is 18.4 Å². The fraction of sp³-hybridized carbons (Fsp3) is 0.500. The Bertz CT molecular complexity index is 580. The van der Waals surface area contributed by atoms with Gasteiger partial charge >= 0.3 is 0 Å². The van der Waals surface area contributed by atoms with Gasteiger partial charge in [0.2, 0.25) is 11.8 Å². The first-order chi connectivity index (χ1) is 11.0. The van der Waals surface area contributed by atoms with Crippen LogP contribution in [0.3, 0.4) is 0 Å². The summed E-state index contributed by atoms with van der Waals surface area (Å²) in [5.41, 5.74) is 0.0959. The standard InChI is InChI=1S/C16H21F2N3O2.ClH/c1-10(22)20-15(13-5-4-11(17)7-14(13)18)8-16(23)21-12-3-2-6-19-9-12;/h4-5,7,12,15,19H,2-3,6,8-9H2,1H3,(H,20,22)(H,21,23);1H/t12-,15?;/m0./s1. The maximum Gasteiger partial charge on any atom is 0.222 e. The minimum Gasteiger partial charge on any atom is -0.352 e.